The van der Waals surface area contributed by atoms with E-state index in [-0.39, 0.29) is 5.91 Å². The van der Waals surface area contributed by atoms with Crippen molar-refractivity contribution in [1.82, 2.24) is 0 Å². The molecule has 0 unspecified atom stereocenters. The number of thioether (sulfide) groups is 1. The van der Waals surface area contributed by atoms with Crippen LogP contribution in [-0.4, -0.2) is 5.91 Å². The van der Waals surface area contributed by atoms with Gasteiger partial charge in [-0.1, -0.05) is 55.1 Å². The van der Waals surface area contributed by atoms with E-state index in [1.54, 1.807) is 17.8 Å². The van der Waals surface area contributed by atoms with E-state index in [4.69, 9.17) is 0 Å². The molecule has 0 saturated carbocycles. The van der Waals surface area contributed by atoms with Crippen LogP contribution in [-0.2, 0) is 16.6 Å². The number of anilines is 1. The van der Waals surface area contributed by atoms with Crippen LogP contribution in [0.4, 0.5) is 5.69 Å². The summed E-state index contributed by atoms with van der Waals surface area (Å²) < 4.78 is 0. The minimum absolute atomic E-state index is 0.0849. The third kappa shape index (κ3) is 4.05. The molecule has 0 bridgehead atoms. The second kappa shape index (κ2) is 8.49. The van der Waals surface area contributed by atoms with Crippen LogP contribution in [0.25, 0.3) is 6.08 Å². The van der Waals surface area contributed by atoms with Gasteiger partial charge in [0.1, 0.15) is 0 Å². The first-order chi connectivity index (χ1) is 13.5. The number of hydrogen-bond donors (Lipinski definition) is 1. The molecule has 1 aliphatic rings. The van der Waals surface area contributed by atoms with E-state index in [1.165, 1.54) is 22.3 Å². The number of carbonyl (C=O) groups excluding carboxylic acids is 1. The Hall–Kier alpha value is -2.78. The molecular formula is C25H25NOS. The number of benzene rings is 2. The molecule has 0 aliphatic heterocycles. The molecule has 0 spiro atoms. The third-order valence-electron chi connectivity index (χ3n) is 5.21. The maximum absolute atomic E-state index is 13.0. The topological polar surface area (TPSA) is 29.1 Å². The Balaban J connectivity index is 1.78. The molecule has 142 valence electrons. The van der Waals surface area contributed by atoms with E-state index in [9.17, 15) is 4.79 Å². The van der Waals surface area contributed by atoms with Gasteiger partial charge in [0.05, 0.1) is 5.41 Å². The molecule has 1 aliphatic carbocycles. The zero-order chi connectivity index (χ0) is 20.1. The summed E-state index contributed by atoms with van der Waals surface area (Å²) in [6.45, 7) is 11.6. The molecular weight excluding hydrogens is 362 g/mol. The van der Waals surface area contributed by atoms with Crippen molar-refractivity contribution in [3.63, 3.8) is 0 Å². The van der Waals surface area contributed by atoms with Gasteiger partial charge in [0.2, 0.25) is 5.91 Å². The van der Waals surface area contributed by atoms with E-state index in [1.807, 2.05) is 48.7 Å². The monoisotopic (exact) mass is 387 g/mol. The van der Waals surface area contributed by atoms with E-state index >= 15 is 0 Å². The summed E-state index contributed by atoms with van der Waals surface area (Å²) in [4.78, 5) is 13.0. The van der Waals surface area contributed by atoms with Crippen molar-refractivity contribution in [1.29, 1.82) is 0 Å². The fourth-order valence-corrected chi connectivity index (χ4v) is 3.74. The van der Waals surface area contributed by atoms with Crippen LogP contribution in [0, 0.1) is 0 Å². The second-order valence-corrected chi connectivity index (χ2v) is 7.93. The summed E-state index contributed by atoms with van der Waals surface area (Å²) in [6, 6.07) is 15.8. The van der Waals surface area contributed by atoms with Crippen LogP contribution in [0.15, 0.2) is 89.7 Å². The summed E-state index contributed by atoms with van der Waals surface area (Å²) in [5.74, 6) is -0.0849. The van der Waals surface area contributed by atoms with Crippen molar-refractivity contribution in [2.75, 3.05) is 5.32 Å². The number of rotatable bonds is 7. The van der Waals surface area contributed by atoms with E-state index in [2.05, 4.69) is 49.0 Å². The average Bonchev–Trinajstić information content (AvgIpc) is 3.15. The largest absolute Gasteiger partial charge is 0.325 e. The van der Waals surface area contributed by atoms with Crippen LogP contribution in [0.1, 0.15) is 30.5 Å². The molecule has 0 heterocycles. The lowest BCUT2D eigenvalue weighted by Crippen LogP contribution is -2.35. The van der Waals surface area contributed by atoms with Gasteiger partial charge in [0.25, 0.3) is 0 Å². The Labute approximate surface area is 171 Å². The van der Waals surface area contributed by atoms with Gasteiger partial charge in [-0.05, 0) is 71.1 Å². The van der Waals surface area contributed by atoms with E-state index in [0.717, 1.165) is 17.7 Å². The fraction of sp³-hybridized carbons (Fsp3) is 0.160. The highest BCUT2D eigenvalue weighted by atomic mass is 32.2. The first kappa shape index (κ1) is 20.0. The minimum atomic E-state index is -0.787. The maximum Gasteiger partial charge on any atom is 0.238 e. The average molecular weight is 388 g/mol. The van der Waals surface area contributed by atoms with Crippen molar-refractivity contribution in [2.45, 2.75) is 25.7 Å². The third-order valence-corrected chi connectivity index (χ3v) is 5.89. The summed E-state index contributed by atoms with van der Waals surface area (Å²) in [6.07, 6.45) is 4.79. The quantitative estimate of drug-likeness (QED) is 0.550. The molecule has 0 fully saturated rings. The smallest absolute Gasteiger partial charge is 0.238 e. The summed E-state index contributed by atoms with van der Waals surface area (Å²) >= 11 is 1.59. The highest BCUT2D eigenvalue weighted by molar-refractivity contribution is 8.04. The normalized spacial score (nSPS) is 15.2. The highest BCUT2D eigenvalue weighted by Crippen LogP contribution is 2.33. The number of amides is 1. The zero-order valence-electron chi connectivity index (χ0n) is 16.4. The Morgan fingerprint density at radius 2 is 1.93 bits per heavy atom. The lowest BCUT2D eigenvalue weighted by Gasteiger charge is -2.25. The Bertz CT molecular complexity index is 971. The number of carbonyl (C=O) groups is 1. The van der Waals surface area contributed by atoms with Crippen molar-refractivity contribution < 1.29 is 4.79 Å². The maximum atomic E-state index is 13.0. The summed E-state index contributed by atoms with van der Waals surface area (Å²) in [5.41, 5.74) is 5.92. The molecule has 1 amide bonds. The van der Waals surface area contributed by atoms with Crippen LogP contribution >= 0.6 is 11.8 Å². The van der Waals surface area contributed by atoms with Crippen molar-refractivity contribution in [3.05, 3.63) is 106 Å². The second-order valence-electron chi connectivity index (χ2n) is 7.09. The van der Waals surface area contributed by atoms with Gasteiger partial charge < -0.3 is 5.32 Å². The van der Waals surface area contributed by atoms with Gasteiger partial charge in [0.15, 0.2) is 0 Å². The summed E-state index contributed by atoms with van der Waals surface area (Å²) in [5, 5.41) is 7.01. The fourth-order valence-electron chi connectivity index (χ4n) is 3.29. The van der Waals surface area contributed by atoms with Crippen LogP contribution in [0.3, 0.4) is 0 Å². The molecule has 0 aromatic heterocycles. The molecule has 3 heteroatoms. The molecule has 1 atom stereocenters. The molecule has 1 N–H and O–H groups in total. The van der Waals surface area contributed by atoms with Crippen molar-refractivity contribution >= 4 is 29.4 Å². The van der Waals surface area contributed by atoms with Crippen molar-refractivity contribution in [2.24, 2.45) is 0 Å². The molecule has 2 aromatic rings. The predicted octanol–water partition coefficient (Wildman–Crippen LogP) is 6.49. The standard InChI is InChI=1S/C25H25NOS/c1-5-25(4,22-10-8-7-9-11-22)24(27)26-23-13-12-19-14-20(15-21(19)16-23)18(3)17-28-6-2/h5-14,16-17H,1-2,15H2,3-4H3,(H,26,27)/b18-17+/t25-/m0/s1. The van der Waals surface area contributed by atoms with Gasteiger partial charge in [0, 0.05) is 5.69 Å². The van der Waals surface area contributed by atoms with Crippen molar-refractivity contribution in [3.8, 4) is 0 Å². The number of fused-ring (bicyclic) bond motifs is 1. The molecule has 2 aromatic carbocycles. The molecule has 2 nitrogen and oxygen atoms in total. The van der Waals surface area contributed by atoms with E-state index in [0.29, 0.717) is 0 Å². The van der Waals surface area contributed by atoms with Crippen LogP contribution < -0.4 is 5.32 Å². The Morgan fingerprint density at radius 3 is 2.61 bits per heavy atom. The van der Waals surface area contributed by atoms with Crippen LogP contribution in [0.2, 0.25) is 0 Å². The SMILES string of the molecule is C=CS/C=C(\C)C1=Cc2ccc(NC(=O)[C@@](C)(C=C)c3ccccc3)cc2C1. The number of allylic oxidation sites excluding steroid dienone is 2. The highest BCUT2D eigenvalue weighted by Gasteiger charge is 2.32. The molecule has 3 rings (SSSR count). The van der Waals surface area contributed by atoms with Gasteiger partial charge in [-0.3, -0.25) is 4.79 Å². The Morgan fingerprint density at radius 1 is 1.18 bits per heavy atom. The van der Waals surface area contributed by atoms with Crippen LogP contribution in [0.5, 0.6) is 0 Å². The van der Waals surface area contributed by atoms with Gasteiger partial charge in [-0.15, -0.1) is 18.3 Å². The van der Waals surface area contributed by atoms with Gasteiger partial charge in [-0.25, -0.2) is 0 Å². The first-order valence-corrected chi connectivity index (χ1v) is 10.2. The van der Waals surface area contributed by atoms with Gasteiger partial charge >= 0.3 is 0 Å². The lowest BCUT2D eigenvalue weighted by atomic mass is 9.81. The van der Waals surface area contributed by atoms with E-state index < -0.39 is 5.41 Å². The predicted molar refractivity (Wildman–Crippen MR) is 122 cm³/mol. The van der Waals surface area contributed by atoms with Gasteiger partial charge in [-0.2, -0.15) is 0 Å². The number of nitrogens with one attached hydrogen (secondary N) is 1. The molecule has 0 radical (unpaired) electrons. The summed E-state index contributed by atoms with van der Waals surface area (Å²) in [7, 11) is 0. The zero-order valence-corrected chi connectivity index (χ0v) is 17.2. The lowest BCUT2D eigenvalue weighted by molar-refractivity contribution is -0.119. The minimum Gasteiger partial charge on any atom is -0.325 e. The molecule has 0 saturated heterocycles. The number of hydrogen-bond acceptors (Lipinski definition) is 2. The molecule has 28 heavy (non-hydrogen) atoms. The first-order valence-electron chi connectivity index (χ1n) is 9.25. The Kier molecular flexibility index (Phi) is 6.05.